The minimum Gasteiger partial charge on any atom is -0.326 e. The van der Waals surface area contributed by atoms with Gasteiger partial charge in [0.15, 0.2) is 0 Å². The smallest absolute Gasteiger partial charge is 0.271 e. The third-order valence-corrected chi connectivity index (χ3v) is 3.55. The number of rotatable bonds is 5. The molecule has 0 aliphatic rings. The summed E-state index contributed by atoms with van der Waals surface area (Å²) in [7, 11) is 0. The summed E-state index contributed by atoms with van der Waals surface area (Å²) in [5.74, 6) is -0.388. The van der Waals surface area contributed by atoms with E-state index in [0.717, 1.165) is 12.0 Å². The highest BCUT2D eigenvalue weighted by Crippen LogP contribution is 2.11. The molecule has 2 N–H and O–H groups in total. The number of nitrogens with one attached hydrogen (secondary N) is 2. The predicted octanol–water partition coefficient (Wildman–Crippen LogP) is 3.36. The molecule has 2 aromatic carbocycles. The zero-order valence-electron chi connectivity index (χ0n) is 14.1. The molecule has 0 radical (unpaired) electrons. The largest absolute Gasteiger partial charge is 0.326 e. The average Bonchev–Trinajstić information content (AvgIpc) is 2.59. The van der Waals surface area contributed by atoms with Crippen LogP contribution in [0.2, 0.25) is 0 Å². The molecule has 0 atom stereocenters. The lowest BCUT2D eigenvalue weighted by molar-refractivity contribution is -0.114. The summed E-state index contributed by atoms with van der Waals surface area (Å²) in [5, 5.41) is 6.86. The van der Waals surface area contributed by atoms with Crippen molar-refractivity contribution in [1.29, 1.82) is 0 Å². The van der Waals surface area contributed by atoms with Crippen molar-refractivity contribution in [2.75, 3.05) is 5.32 Å². The van der Waals surface area contributed by atoms with Gasteiger partial charge in [0.05, 0.1) is 5.71 Å². The van der Waals surface area contributed by atoms with Crippen LogP contribution in [0.15, 0.2) is 53.6 Å². The summed E-state index contributed by atoms with van der Waals surface area (Å²) in [6.45, 7) is 5.32. The first-order valence-electron chi connectivity index (χ1n) is 7.81. The molecule has 124 valence electrons. The second kappa shape index (κ2) is 8.06. The Morgan fingerprint density at radius 1 is 1.00 bits per heavy atom. The highest BCUT2D eigenvalue weighted by Gasteiger charge is 2.05. The van der Waals surface area contributed by atoms with Gasteiger partial charge in [0.2, 0.25) is 5.91 Å². The number of hydrogen-bond donors (Lipinski definition) is 2. The van der Waals surface area contributed by atoms with Crippen LogP contribution in [0.3, 0.4) is 0 Å². The summed E-state index contributed by atoms with van der Waals surface area (Å²) in [4.78, 5) is 23.2. The fourth-order valence-electron chi connectivity index (χ4n) is 2.18. The second-order valence-corrected chi connectivity index (χ2v) is 5.45. The van der Waals surface area contributed by atoms with Crippen LogP contribution in [-0.2, 0) is 11.2 Å². The average molecular weight is 323 g/mol. The Morgan fingerprint density at radius 3 is 2.33 bits per heavy atom. The van der Waals surface area contributed by atoms with Gasteiger partial charge in [-0.3, -0.25) is 9.59 Å². The van der Waals surface area contributed by atoms with Gasteiger partial charge in [0, 0.05) is 18.2 Å². The summed E-state index contributed by atoms with van der Waals surface area (Å²) in [6, 6.07) is 14.7. The van der Waals surface area contributed by atoms with Gasteiger partial charge in [-0.2, -0.15) is 5.10 Å². The lowest BCUT2D eigenvalue weighted by Crippen LogP contribution is -2.19. The van der Waals surface area contributed by atoms with Crippen molar-refractivity contribution < 1.29 is 9.59 Å². The number of carbonyl (C=O) groups excluding carboxylic acids is 2. The maximum Gasteiger partial charge on any atom is 0.271 e. The van der Waals surface area contributed by atoms with E-state index in [1.807, 2.05) is 30.3 Å². The third-order valence-electron chi connectivity index (χ3n) is 3.55. The van der Waals surface area contributed by atoms with Crippen LogP contribution >= 0.6 is 0 Å². The van der Waals surface area contributed by atoms with Gasteiger partial charge in [-0.05, 0) is 48.7 Å². The van der Waals surface area contributed by atoms with E-state index in [-0.39, 0.29) is 11.8 Å². The standard InChI is InChI=1S/C19H21N3O2/c1-4-15-8-10-16(11-9-15)19(24)22-21-13(2)17-6-5-7-18(12-17)20-14(3)23/h5-12H,4H2,1-3H3,(H,20,23)(H,22,24)/b21-13-. The van der Waals surface area contributed by atoms with E-state index in [2.05, 4.69) is 22.8 Å². The molecule has 0 fully saturated rings. The number of hydrogen-bond acceptors (Lipinski definition) is 3. The number of anilines is 1. The number of carbonyl (C=O) groups is 2. The van der Waals surface area contributed by atoms with E-state index in [1.165, 1.54) is 12.5 Å². The molecular weight excluding hydrogens is 302 g/mol. The lowest BCUT2D eigenvalue weighted by atomic mass is 10.1. The molecule has 0 aliphatic carbocycles. The van der Waals surface area contributed by atoms with Gasteiger partial charge in [-0.1, -0.05) is 31.2 Å². The molecule has 2 amide bonds. The van der Waals surface area contributed by atoms with Crippen molar-refractivity contribution >= 4 is 23.2 Å². The van der Waals surface area contributed by atoms with Crippen molar-refractivity contribution in [3.63, 3.8) is 0 Å². The minimum absolute atomic E-state index is 0.134. The van der Waals surface area contributed by atoms with Gasteiger partial charge in [-0.25, -0.2) is 5.43 Å². The first-order valence-corrected chi connectivity index (χ1v) is 7.81. The summed E-state index contributed by atoms with van der Waals surface area (Å²) < 4.78 is 0. The van der Waals surface area contributed by atoms with Crippen LogP contribution in [0, 0.1) is 0 Å². The fourth-order valence-corrected chi connectivity index (χ4v) is 2.18. The van der Waals surface area contributed by atoms with Crippen molar-refractivity contribution in [2.24, 2.45) is 5.10 Å². The van der Waals surface area contributed by atoms with Gasteiger partial charge >= 0.3 is 0 Å². The van der Waals surface area contributed by atoms with Crippen LogP contribution in [0.5, 0.6) is 0 Å². The summed E-state index contributed by atoms with van der Waals surface area (Å²) >= 11 is 0. The summed E-state index contributed by atoms with van der Waals surface area (Å²) in [6.07, 6.45) is 0.934. The first kappa shape index (κ1) is 17.4. The van der Waals surface area contributed by atoms with Crippen molar-refractivity contribution in [2.45, 2.75) is 27.2 Å². The topological polar surface area (TPSA) is 70.6 Å². The van der Waals surface area contributed by atoms with Gasteiger partial charge in [0.1, 0.15) is 0 Å². The van der Waals surface area contributed by atoms with Crippen LogP contribution in [0.25, 0.3) is 0 Å². The molecule has 0 saturated heterocycles. The third kappa shape index (κ3) is 4.78. The highest BCUT2D eigenvalue weighted by atomic mass is 16.2. The molecule has 0 spiro atoms. The number of amides is 2. The molecule has 0 saturated carbocycles. The predicted molar refractivity (Wildman–Crippen MR) is 96.2 cm³/mol. The van der Waals surface area contributed by atoms with Crippen molar-refractivity contribution in [3.05, 3.63) is 65.2 Å². The number of benzene rings is 2. The van der Waals surface area contributed by atoms with E-state index < -0.39 is 0 Å². The van der Waals surface area contributed by atoms with E-state index in [1.54, 1.807) is 25.1 Å². The molecule has 0 unspecified atom stereocenters. The number of hydrazone groups is 1. The van der Waals surface area contributed by atoms with Crippen LogP contribution in [0.1, 0.15) is 42.3 Å². The highest BCUT2D eigenvalue weighted by molar-refractivity contribution is 6.02. The second-order valence-electron chi connectivity index (χ2n) is 5.45. The lowest BCUT2D eigenvalue weighted by Gasteiger charge is -2.06. The van der Waals surface area contributed by atoms with Crippen LogP contribution in [0.4, 0.5) is 5.69 Å². The Morgan fingerprint density at radius 2 is 1.71 bits per heavy atom. The van der Waals surface area contributed by atoms with E-state index >= 15 is 0 Å². The zero-order chi connectivity index (χ0) is 17.5. The Bertz CT molecular complexity index is 764. The molecule has 0 bridgehead atoms. The maximum absolute atomic E-state index is 12.1. The number of aryl methyl sites for hydroxylation is 1. The zero-order valence-corrected chi connectivity index (χ0v) is 14.1. The Balaban J connectivity index is 2.07. The molecule has 5 nitrogen and oxygen atoms in total. The number of nitrogens with zero attached hydrogens (tertiary/aromatic N) is 1. The van der Waals surface area contributed by atoms with Crippen LogP contribution in [-0.4, -0.2) is 17.5 Å². The molecule has 2 rings (SSSR count). The van der Waals surface area contributed by atoms with E-state index in [9.17, 15) is 9.59 Å². The van der Waals surface area contributed by atoms with Crippen molar-refractivity contribution in [3.8, 4) is 0 Å². The molecule has 5 heteroatoms. The molecule has 0 heterocycles. The van der Waals surface area contributed by atoms with E-state index in [0.29, 0.717) is 17.0 Å². The Hall–Kier alpha value is -2.95. The normalized spacial score (nSPS) is 11.0. The quantitative estimate of drug-likeness (QED) is 0.654. The molecular formula is C19H21N3O2. The molecule has 0 aromatic heterocycles. The summed E-state index contributed by atoms with van der Waals surface area (Å²) in [5.41, 5.74) is 6.47. The molecule has 0 aliphatic heterocycles. The molecule has 2 aromatic rings. The first-order chi connectivity index (χ1) is 11.5. The Labute approximate surface area is 141 Å². The van der Waals surface area contributed by atoms with Crippen molar-refractivity contribution in [1.82, 2.24) is 5.43 Å². The monoisotopic (exact) mass is 323 g/mol. The molecule has 24 heavy (non-hydrogen) atoms. The van der Waals surface area contributed by atoms with E-state index in [4.69, 9.17) is 0 Å². The Kier molecular flexibility index (Phi) is 5.84. The minimum atomic E-state index is -0.255. The van der Waals surface area contributed by atoms with Crippen LogP contribution < -0.4 is 10.7 Å². The fraction of sp³-hybridized carbons (Fsp3) is 0.211. The van der Waals surface area contributed by atoms with Gasteiger partial charge < -0.3 is 5.32 Å². The maximum atomic E-state index is 12.1. The van der Waals surface area contributed by atoms with Gasteiger partial charge in [-0.15, -0.1) is 0 Å². The SMILES string of the molecule is CCc1ccc(C(=O)N/N=C(/C)c2cccc(NC(C)=O)c2)cc1. The van der Waals surface area contributed by atoms with Gasteiger partial charge in [0.25, 0.3) is 5.91 Å².